The zero-order valence-corrected chi connectivity index (χ0v) is 31.5. The average Bonchev–Trinajstić information content (AvgIpc) is 3.75. The van der Waals surface area contributed by atoms with Gasteiger partial charge in [-0.1, -0.05) is 71.2 Å². The number of halogens is 2. The van der Waals surface area contributed by atoms with Crippen LogP contribution in [-0.4, -0.2) is 3.21 Å². The fourth-order valence-corrected chi connectivity index (χ4v) is 7.32. The summed E-state index contributed by atoms with van der Waals surface area (Å²) in [4.78, 5) is 0. The van der Waals surface area contributed by atoms with Gasteiger partial charge < -0.3 is 24.8 Å². The number of hydrogen-bond acceptors (Lipinski definition) is 0. The van der Waals surface area contributed by atoms with Gasteiger partial charge in [0.1, 0.15) is 0 Å². The van der Waals surface area contributed by atoms with Gasteiger partial charge in [-0.3, -0.25) is 6.08 Å². The fourth-order valence-electron chi connectivity index (χ4n) is 6.50. The zero-order valence-electron chi connectivity index (χ0n) is 27.5. The molecule has 0 bridgehead atoms. The van der Waals surface area contributed by atoms with Crippen molar-refractivity contribution in [3.63, 3.8) is 0 Å². The quantitative estimate of drug-likeness (QED) is 0.232. The molecule has 0 radical (unpaired) electrons. The van der Waals surface area contributed by atoms with E-state index in [0.29, 0.717) is 0 Å². The minimum atomic E-state index is 0. The third kappa shape index (κ3) is 7.44. The van der Waals surface area contributed by atoms with Gasteiger partial charge in [0, 0.05) is 5.41 Å². The molecule has 0 heterocycles. The van der Waals surface area contributed by atoms with E-state index in [1.807, 2.05) is 0 Å². The van der Waals surface area contributed by atoms with E-state index in [4.69, 9.17) is 0 Å². The number of fused-ring (bicyclic) bond motifs is 5. The monoisotopic (exact) mass is 716 g/mol. The maximum atomic E-state index is 3.50. The third-order valence-corrected chi connectivity index (χ3v) is 10.5. The Morgan fingerprint density at radius 3 is 1.76 bits per heavy atom. The third-order valence-electron chi connectivity index (χ3n) is 9.05. The Bertz CT molecular complexity index is 1770. The molecule has 232 valence electrons. The van der Waals surface area contributed by atoms with Crippen LogP contribution in [0.5, 0.6) is 0 Å². The van der Waals surface area contributed by atoms with Gasteiger partial charge in [-0.15, -0.1) is 11.6 Å². The van der Waals surface area contributed by atoms with E-state index < -0.39 is 0 Å². The van der Waals surface area contributed by atoms with Crippen molar-refractivity contribution in [2.45, 2.75) is 58.8 Å². The molecule has 0 saturated carbocycles. The van der Waals surface area contributed by atoms with Crippen LogP contribution in [0.1, 0.15) is 83.3 Å². The van der Waals surface area contributed by atoms with Crippen molar-refractivity contribution >= 4 is 15.4 Å². The predicted octanol–water partition coefficient (Wildman–Crippen LogP) is 4.50. The van der Waals surface area contributed by atoms with Crippen molar-refractivity contribution in [1.29, 1.82) is 0 Å². The molecule has 5 aromatic rings. The average molecular weight is 719 g/mol. The summed E-state index contributed by atoms with van der Waals surface area (Å²) in [5, 5.41) is 0. The SMILES string of the molecule is CC1(C)[C-]=Cc2cc3c(cc21)Cc1cc2c(cc1-3)C=CC2(C)C.Cc1c[cH-]c(C)c1.[Cl-].[Cl-].[Zr+2]=[C](c1ccccc1)c1ccccc1. The van der Waals surface area contributed by atoms with Crippen molar-refractivity contribution in [1.82, 2.24) is 0 Å². The summed E-state index contributed by atoms with van der Waals surface area (Å²) in [6.45, 7) is 13.3. The van der Waals surface area contributed by atoms with Crippen LogP contribution in [0.4, 0.5) is 0 Å². The van der Waals surface area contributed by atoms with E-state index in [0.717, 1.165) is 6.42 Å². The van der Waals surface area contributed by atoms with E-state index >= 15 is 0 Å². The summed E-state index contributed by atoms with van der Waals surface area (Å²) in [5.41, 5.74) is 17.1. The molecule has 0 saturated heterocycles. The van der Waals surface area contributed by atoms with Gasteiger partial charge in [-0.25, -0.2) is 17.7 Å². The first-order chi connectivity index (χ1) is 21.0. The molecule has 0 unspecified atom stereocenters. The summed E-state index contributed by atoms with van der Waals surface area (Å²) < 4.78 is 1.42. The second kappa shape index (κ2) is 14.4. The van der Waals surface area contributed by atoms with Crippen molar-refractivity contribution in [2.24, 2.45) is 0 Å². The first-order valence-corrected chi connectivity index (χ1v) is 16.8. The van der Waals surface area contributed by atoms with Gasteiger partial charge in [0.25, 0.3) is 0 Å². The zero-order chi connectivity index (χ0) is 31.1. The van der Waals surface area contributed by atoms with Gasteiger partial charge in [-0.2, -0.15) is 23.3 Å². The van der Waals surface area contributed by atoms with Gasteiger partial charge in [-0.05, 0) is 45.9 Å². The van der Waals surface area contributed by atoms with E-state index in [-0.39, 0.29) is 35.6 Å². The van der Waals surface area contributed by atoms with E-state index in [9.17, 15) is 0 Å². The summed E-state index contributed by atoms with van der Waals surface area (Å²) in [6.07, 6.45) is 11.4. The van der Waals surface area contributed by atoms with Crippen molar-refractivity contribution in [2.75, 3.05) is 0 Å². The molecule has 3 aliphatic rings. The minimum absolute atomic E-state index is 0. The molecular weight excluding hydrogens is 679 g/mol. The molecule has 0 nitrogen and oxygen atoms in total. The van der Waals surface area contributed by atoms with Crippen molar-refractivity contribution < 1.29 is 49.0 Å². The van der Waals surface area contributed by atoms with Crippen LogP contribution in [0.2, 0.25) is 0 Å². The number of aryl methyl sites for hydroxylation is 2. The molecule has 3 heteroatoms. The molecule has 0 atom stereocenters. The first kappa shape index (κ1) is 35.9. The van der Waals surface area contributed by atoms with Crippen LogP contribution in [0.3, 0.4) is 0 Å². The normalized spacial score (nSPS) is 14.6. The second-order valence-electron chi connectivity index (χ2n) is 13.4. The number of benzene rings is 4. The first-order valence-electron chi connectivity index (χ1n) is 15.6. The predicted molar refractivity (Wildman–Crippen MR) is 185 cm³/mol. The summed E-state index contributed by atoms with van der Waals surface area (Å²) >= 11 is 1.46. The molecule has 0 amide bonds. The van der Waals surface area contributed by atoms with Crippen LogP contribution < -0.4 is 24.8 Å². The second-order valence-corrected chi connectivity index (χ2v) is 14.6. The Labute approximate surface area is 303 Å². The molecule has 0 aliphatic heterocycles. The van der Waals surface area contributed by atoms with E-state index in [1.165, 1.54) is 94.2 Å². The van der Waals surface area contributed by atoms with Crippen LogP contribution in [0, 0.1) is 19.9 Å². The fraction of sp³-hybridized carbons (Fsp3) is 0.209. The standard InChI is InChI=1S/C23H21.C13H10.C7H9.2ClH.Zr/c1-22(2)7-5-14-10-18-16(12-20(14)22)9-17-13-21-15(11-19(17)18)6-8-23(21,3)4;1-3-7-12(8-4-1)11-13-9-5-2-6-10-13;1-6-3-4-7(2)5-6;;;/h5-7,10-13H,9H2,1-4H3;1-10H;3-5H,1-2H3;2*1H;/q-1;;-1;;;+2/p-2. The molecule has 0 aromatic heterocycles. The molecule has 3 aliphatic carbocycles. The molecule has 5 aromatic carbocycles. The molecular formula is C43H40Cl2Zr-2. The molecule has 0 N–H and O–H groups in total. The Morgan fingerprint density at radius 2 is 1.26 bits per heavy atom. The van der Waals surface area contributed by atoms with Gasteiger partial charge in [0.2, 0.25) is 0 Å². The van der Waals surface area contributed by atoms with Crippen LogP contribution in [-0.2, 0) is 41.5 Å². The van der Waals surface area contributed by atoms with Gasteiger partial charge in [0.05, 0.1) is 0 Å². The van der Waals surface area contributed by atoms with Gasteiger partial charge in [0.15, 0.2) is 0 Å². The molecule has 0 fully saturated rings. The maximum absolute atomic E-state index is 3.50. The summed E-state index contributed by atoms with van der Waals surface area (Å²) in [6, 6.07) is 37.2. The van der Waals surface area contributed by atoms with E-state index in [2.05, 4.69) is 169 Å². The Balaban J connectivity index is 0.000000179. The Kier molecular flexibility index (Phi) is 11.3. The van der Waals surface area contributed by atoms with Crippen molar-refractivity contribution in [3.8, 4) is 11.1 Å². The summed E-state index contributed by atoms with van der Waals surface area (Å²) in [5.74, 6) is 0. The topological polar surface area (TPSA) is 0 Å². The van der Waals surface area contributed by atoms with Crippen molar-refractivity contribution in [3.05, 3.63) is 171 Å². The molecule has 0 spiro atoms. The van der Waals surface area contributed by atoms with E-state index in [1.54, 1.807) is 0 Å². The number of hydrogen-bond donors (Lipinski definition) is 0. The molecule has 46 heavy (non-hydrogen) atoms. The van der Waals surface area contributed by atoms with Crippen LogP contribution in [0.15, 0.2) is 109 Å². The number of allylic oxidation sites excluding steroid dienone is 2. The summed E-state index contributed by atoms with van der Waals surface area (Å²) in [7, 11) is 0. The Hall–Kier alpha value is -2.96. The van der Waals surface area contributed by atoms with Gasteiger partial charge >= 0.3 is 99.2 Å². The Morgan fingerprint density at radius 1 is 0.717 bits per heavy atom. The molecule has 8 rings (SSSR count). The van der Waals surface area contributed by atoms with Crippen LogP contribution >= 0.6 is 0 Å². The van der Waals surface area contributed by atoms with Crippen LogP contribution in [0.25, 0.3) is 23.3 Å². The number of rotatable bonds is 2.